The molecule has 2 aliphatic carbocycles. The summed E-state index contributed by atoms with van der Waals surface area (Å²) in [5.41, 5.74) is 0. The Morgan fingerprint density at radius 2 is 1.72 bits per heavy atom. The molecule has 0 aliphatic heterocycles. The highest BCUT2D eigenvalue weighted by molar-refractivity contribution is 8.01. The summed E-state index contributed by atoms with van der Waals surface area (Å²) in [7, 11) is 0. The average Bonchev–Trinajstić information content (AvgIpc) is 3.26. The van der Waals surface area contributed by atoms with Gasteiger partial charge in [-0.25, -0.2) is 4.98 Å². The minimum Gasteiger partial charge on any atom is -0.481 e. The lowest BCUT2D eigenvalue weighted by molar-refractivity contribution is -0.136. The number of aliphatic carboxylic acids is 1. The van der Waals surface area contributed by atoms with Gasteiger partial charge in [-0.15, -0.1) is 23.1 Å². The summed E-state index contributed by atoms with van der Waals surface area (Å²) in [5, 5.41) is 9.57. The molecule has 1 aromatic rings. The maximum Gasteiger partial charge on any atom is 0.313 e. The first-order valence-electron chi connectivity index (χ1n) is 9.24. The Hall–Kier alpha value is -1.08. The lowest BCUT2D eigenvalue weighted by Gasteiger charge is -2.38. The van der Waals surface area contributed by atoms with Crippen molar-refractivity contribution in [2.45, 2.75) is 80.5 Å². The van der Waals surface area contributed by atoms with Gasteiger partial charge in [-0.3, -0.25) is 9.59 Å². The second-order valence-corrected chi connectivity index (χ2v) is 9.35. The number of aromatic nitrogens is 1. The van der Waals surface area contributed by atoms with E-state index in [1.807, 2.05) is 0 Å². The number of thioether (sulfide) groups is 1. The van der Waals surface area contributed by atoms with Crippen molar-refractivity contribution >= 4 is 35.0 Å². The van der Waals surface area contributed by atoms with Gasteiger partial charge in [0.1, 0.15) is 5.01 Å². The first-order valence-corrected chi connectivity index (χ1v) is 11.0. The minimum atomic E-state index is -0.833. The standard InChI is InChI=1S/C18H26N2O3S2/c21-16(10-15-19-11-18(25-15)24-12-17(22)23)20(14-8-4-5-9-14)13-6-2-1-3-7-13/h11,13-14H,1-10,12H2,(H,22,23). The van der Waals surface area contributed by atoms with Crippen molar-refractivity contribution in [3.63, 3.8) is 0 Å². The van der Waals surface area contributed by atoms with E-state index in [0.717, 1.165) is 34.9 Å². The molecule has 0 saturated heterocycles. The van der Waals surface area contributed by atoms with Gasteiger partial charge < -0.3 is 10.0 Å². The normalized spacial score (nSPS) is 19.2. The number of carboxylic acids is 1. The number of hydrogen-bond donors (Lipinski definition) is 1. The van der Waals surface area contributed by atoms with Crippen LogP contribution in [0.2, 0.25) is 0 Å². The van der Waals surface area contributed by atoms with Crippen LogP contribution in [0.15, 0.2) is 10.4 Å². The Bertz CT molecular complexity index is 593. The number of carboxylic acid groups (broad SMARTS) is 1. The predicted molar refractivity (Wildman–Crippen MR) is 100 cm³/mol. The molecule has 5 nitrogen and oxygen atoms in total. The van der Waals surface area contributed by atoms with Gasteiger partial charge in [0, 0.05) is 12.1 Å². The fraction of sp³-hybridized carbons (Fsp3) is 0.722. The molecule has 1 heterocycles. The third-order valence-electron chi connectivity index (χ3n) is 5.15. The van der Waals surface area contributed by atoms with Gasteiger partial charge >= 0.3 is 5.97 Å². The summed E-state index contributed by atoms with van der Waals surface area (Å²) in [5.74, 6) is -0.588. The molecule has 2 fully saturated rings. The molecule has 3 rings (SSSR count). The van der Waals surface area contributed by atoms with Gasteiger partial charge in [0.25, 0.3) is 0 Å². The van der Waals surface area contributed by atoms with Crippen LogP contribution in [0, 0.1) is 0 Å². The van der Waals surface area contributed by atoms with Crippen LogP contribution < -0.4 is 0 Å². The lowest BCUT2D eigenvalue weighted by atomic mass is 9.92. The highest BCUT2D eigenvalue weighted by Crippen LogP contribution is 2.32. The molecule has 0 aromatic carbocycles. The Morgan fingerprint density at radius 1 is 1.12 bits per heavy atom. The zero-order valence-corrected chi connectivity index (χ0v) is 16.1. The minimum absolute atomic E-state index is 0.0336. The zero-order valence-electron chi connectivity index (χ0n) is 14.5. The molecule has 2 saturated carbocycles. The molecule has 1 N–H and O–H groups in total. The van der Waals surface area contributed by atoms with Crippen LogP contribution in [-0.4, -0.2) is 44.7 Å². The van der Waals surface area contributed by atoms with Crippen molar-refractivity contribution in [1.29, 1.82) is 0 Å². The van der Waals surface area contributed by atoms with E-state index in [1.165, 1.54) is 55.2 Å². The number of rotatable bonds is 7. The predicted octanol–water partition coefficient (Wildman–Crippen LogP) is 3.97. The molecule has 2 aliphatic rings. The lowest BCUT2D eigenvalue weighted by Crippen LogP contribution is -2.47. The molecule has 25 heavy (non-hydrogen) atoms. The third kappa shape index (κ3) is 5.20. The van der Waals surface area contributed by atoms with E-state index in [2.05, 4.69) is 9.88 Å². The number of thiazole rings is 1. The summed E-state index contributed by atoms with van der Waals surface area (Å²) in [6, 6.07) is 0.821. The van der Waals surface area contributed by atoms with Gasteiger partial charge in [-0.2, -0.15) is 0 Å². The molecular weight excluding hydrogens is 356 g/mol. The van der Waals surface area contributed by atoms with Gasteiger partial charge in [0.05, 0.1) is 22.6 Å². The maximum absolute atomic E-state index is 13.1. The van der Waals surface area contributed by atoms with Crippen LogP contribution in [0.1, 0.15) is 62.8 Å². The van der Waals surface area contributed by atoms with Crippen LogP contribution in [0.4, 0.5) is 0 Å². The van der Waals surface area contributed by atoms with E-state index in [9.17, 15) is 9.59 Å². The van der Waals surface area contributed by atoms with Crippen molar-refractivity contribution < 1.29 is 14.7 Å². The molecule has 1 amide bonds. The van der Waals surface area contributed by atoms with Crippen LogP contribution in [0.3, 0.4) is 0 Å². The van der Waals surface area contributed by atoms with Crippen molar-refractivity contribution in [2.75, 3.05) is 5.75 Å². The van der Waals surface area contributed by atoms with Crippen molar-refractivity contribution in [1.82, 2.24) is 9.88 Å². The van der Waals surface area contributed by atoms with E-state index >= 15 is 0 Å². The van der Waals surface area contributed by atoms with E-state index in [-0.39, 0.29) is 11.7 Å². The zero-order chi connectivity index (χ0) is 17.6. The van der Waals surface area contributed by atoms with Crippen molar-refractivity contribution in [3.05, 3.63) is 11.2 Å². The van der Waals surface area contributed by atoms with Crippen molar-refractivity contribution in [3.8, 4) is 0 Å². The van der Waals surface area contributed by atoms with Crippen LogP contribution in [0.5, 0.6) is 0 Å². The van der Waals surface area contributed by atoms with Gasteiger partial charge in [-0.1, -0.05) is 32.1 Å². The molecule has 0 spiro atoms. The van der Waals surface area contributed by atoms with E-state index in [1.54, 1.807) is 6.20 Å². The molecule has 7 heteroatoms. The number of carbonyl (C=O) groups excluding carboxylic acids is 1. The largest absolute Gasteiger partial charge is 0.481 e. The summed E-state index contributed by atoms with van der Waals surface area (Å²) < 4.78 is 0.871. The Morgan fingerprint density at radius 3 is 2.32 bits per heavy atom. The van der Waals surface area contributed by atoms with Gasteiger partial charge in [0.15, 0.2) is 0 Å². The molecule has 138 valence electrons. The highest BCUT2D eigenvalue weighted by Gasteiger charge is 2.33. The summed E-state index contributed by atoms with van der Waals surface area (Å²) in [6.45, 7) is 0. The fourth-order valence-corrected chi connectivity index (χ4v) is 5.78. The molecule has 0 radical (unpaired) electrons. The summed E-state index contributed by atoms with van der Waals surface area (Å²) in [4.78, 5) is 30.3. The van der Waals surface area contributed by atoms with Gasteiger partial charge in [0.2, 0.25) is 5.91 Å². The SMILES string of the molecule is O=C(O)CSc1cnc(CC(=O)N(C2CCCCC2)C2CCCC2)s1. The van der Waals surface area contributed by atoms with Crippen LogP contribution in [-0.2, 0) is 16.0 Å². The number of amides is 1. The van der Waals surface area contributed by atoms with Crippen LogP contribution >= 0.6 is 23.1 Å². The molecule has 1 aromatic heterocycles. The first kappa shape index (κ1) is 18.7. The molecule has 0 bridgehead atoms. The second kappa shape index (κ2) is 9.03. The van der Waals surface area contributed by atoms with Gasteiger partial charge in [-0.05, 0) is 25.7 Å². The number of nitrogens with zero attached hydrogens (tertiary/aromatic N) is 2. The fourth-order valence-electron chi connectivity index (χ4n) is 4.04. The Kier molecular flexibility index (Phi) is 6.76. The van der Waals surface area contributed by atoms with Crippen molar-refractivity contribution in [2.24, 2.45) is 0 Å². The van der Waals surface area contributed by atoms with E-state index < -0.39 is 5.97 Å². The quantitative estimate of drug-likeness (QED) is 0.723. The monoisotopic (exact) mass is 382 g/mol. The third-order valence-corrected chi connectivity index (χ3v) is 7.32. The van der Waals surface area contributed by atoms with E-state index in [4.69, 9.17) is 5.11 Å². The highest BCUT2D eigenvalue weighted by atomic mass is 32.2. The Balaban J connectivity index is 1.64. The number of hydrogen-bond acceptors (Lipinski definition) is 5. The smallest absolute Gasteiger partial charge is 0.313 e. The van der Waals surface area contributed by atoms with E-state index in [0.29, 0.717) is 18.5 Å². The summed E-state index contributed by atoms with van der Waals surface area (Å²) in [6.07, 6.45) is 12.8. The first-order chi connectivity index (χ1) is 12.1. The Labute approximate surface area is 157 Å². The average molecular weight is 383 g/mol. The topological polar surface area (TPSA) is 70.5 Å². The molecular formula is C18H26N2O3S2. The maximum atomic E-state index is 13.1. The summed E-state index contributed by atoms with van der Waals surface area (Å²) >= 11 is 2.72. The second-order valence-electron chi connectivity index (χ2n) is 6.96. The molecule has 0 unspecified atom stereocenters. The molecule has 0 atom stereocenters. The van der Waals surface area contributed by atoms with Crippen LogP contribution in [0.25, 0.3) is 0 Å². The number of carbonyl (C=O) groups is 2.